The molecule has 6 nitrogen and oxygen atoms in total. The van der Waals surface area contributed by atoms with Crippen molar-refractivity contribution in [2.24, 2.45) is 11.8 Å². The summed E-state index contributed by atoms with van der Waals surface area (Å²) in [6.45, 7) is 2.49. The molecule has 3 rings (SSSR count). The van der Waals surface area contributed by atoms with Crippen molar-refractivity contribution < 1.29 is 19.1 Å². The molecule has 38 heavy (non-hydrogen) atoms. The summed E-state index contributed by atoms with van der Waals surface area (Å²) >= 11 is 0. The molecule has 0 atom stereocenters. The molecule has 1 aliphatic carbocycles. The molecule has 1 aliphatic rings. The van der Waals surface area contributed by atoms with Crippen LogP contribution >= 0.6 is 0 Å². The Labute approximate surface area is 227 Å². The first kappa shape index (κ1) is 29.3. The monoisotopic (exact) mass is 520 g/mol. The molecule has 0 heterocycles. The Hall–Kier alpha value is -3.28. The van der Waals surface area contributed by atoms with Gasteiger partial charge in [-0.05, 0) is 79.1 Å². The molecule has 0 radical (unpaired) electrons. The van der Waals surface area contributed by atoms with Crippen molar-refractivity contribution in [2.45, 2.75) is 84.0 Å². The molecular weight excluding hydrogens is 476 g/mol. The van der Waals surface area contributed by atoms with Crippen LogP contribution in [0.15, 0.2) is 48.5 Å². The van der Waals surface area contributed by atoms with Crippen molar-refractivity contribution in [3.63, 3.8) is 0 Å². The molecule has 0 unspecified atom stereocenters. The van der Waals surface area contributed by atoms with E-state index in [-0.39, 0.29) is 18.5 Å². The van der Waals surface area contributed by atoms with Crippen LogP contribution in [-0.4, -0.2) is 18.5 Å². The number of ether oxygens (including phenoxy) is 2. The number of esters is 2. The van der Waals surface area contributed by atoms with Crippen LogP contribution in [0.1, 0.15) is 88.7 Å². The van der Waals surface area contributed by atoms with Crippen LogP contribution in [0.2, 0.25) is 0 Å². The summed E-state index contributed by atoms with van der Waals surface area (Å²) in [6.07, 6.45) is 17.0. The number of benzene rings is 2. The van der Waals surface area contributed by atoms with Crippen molar-refractivity contribution in [3.8, 4) is 5.75 Å². The summed E-state index contributed by atoms with van der Waals surface area (Å²) in [4.78, 5) is 24.7. The predicted octanol–water partition coefficient (Wildman–Crippen LogP) is 7.11. The van der Waals surface area contributed by atoms with Gasteiger partial charge in [0.2, 0.25) is 0 Å². The van der Waals surface area contributed by atoms with Crippen molar-refractivity contribution >= 4 is 29.4 Å². The second-order valence-corrected chi connectivity index (χ2v) is 10.5. The highest BCUT2D eigenvalue weighted by Gasteiger charge is 2.27. The smallest absolute Gasteiger partial charge is 0.330 e. The van der Waals surface area contributed by atoms with Gasteiger partial charge in [-0.2, -0.15) is 0 Å². The minimum atomic E-state index is -0.426. The Balaban J connectivity index is 1.33. The Kier molecular flexibility index (Phi) is 12.2. The number of carbonyl (C=O) groups is 2. The maximum Gasteiger partial charge on any atom is 0.330 e. The minimum absolute atomic E-state index is 0.00563. The van der Waals surface area contributed by atoms with E-state index in [4.69, 9.17) is 20.9 Å². The largest absolute Gasteiger partial charge is 0.462 e. The normalized spacial score (nSPS) is 17.4. The van der Waals surface area contributed by atoms with Crippen molar-refractivity contribution in [3.05, 3.63) is 59.7 Å². The molecule has 0 spiro atoms. The summed E-state index contributed by atoms with van der Waals surface area (Å²) in [5, 5.41) is 0. The lowest BCUT2D eigenvalue weighted by atomic mass is 9.80. The molecular formula is C32H44N2O4. The lowest BCUT2D eigenvalue weighted by molar-refractivity contribution is -0.140. The number of hydrogen-bond acceptors (Lipinski definition) is 6. The lowest BCUT2D eigenvalue weighted by Crippen LogP contribution is -2.25. The first-order valence-corrected chi connectivity index (χ1v) is 14.2. The maximum absolute atomic E-state index is 12.7. The van der Waals surface area contributed by atoms with E-state index in [9.17, 15) is 9.59 Å². The molecule has 6 heteroatoms. The summed E-state index contributed by atoms with van der Waals surface area (Å²) in [7, 11) is 0. The van der Waals surface area contributed by atoms with Crippen LogP contribution in [0.25, 0.3) is 6.08 Å². The molecule has 206 valence electrons. The van der Waals surface area contributed by atoms with Gasteiger partial charge in [-0.15, -0.1) is 0 Å². The van der Waals surface area contributed by atoms with E-state index in [1.807, 2.05) is 24.3 Å². The van der Waals surface area contributed by atoms with Crippen molar-refractivity contribution in [1.82, 2.24) is 0 Å². The number of nitrogens with two attached hydrogens (primary N) is 2. The Morgan fingerprint density at radius 3 is 2.24 bits per heavy atom. The highest BCUT2D eigenvalue weighted by Crippen LogP contribution is 2.33. The van der Waals surface area contributed by atoms with Gasteiger partial charge >= 0.3 is 11.9 Å². The van der Waals surface area contributed by atoms with Crippen LogP contribution in [0.3, 0.4) is 0 Å². The number of hydrogen-bond donors (Lipinski definition) is 2. The van der Waals surface area contributed by atoms with Crippen molar-refractivity contribution in [2.75, 3.05) is 18.1 Å². The first-order valence-electron chi connectivity index (χ1n) is 14.2. The minimum Gasteiger partial charge on any atom is -0.462 e. The third-order valence-electron chi connectivity index (χ3n) is 7.33. The van der Waals surface area contributed by atoms with E-state index < -0.39 is 5.97 Å². The second-order valence-electron chi connectivity index (χ2n) is 10.5. The number of anilines is 2. The lowest BCUT2D eigenvalue weighted by Gasteiger charge is -2.27. The summed E-state index contributed by atoms with van der Waals surface area (Å²) in [5.74, 6) is 0.736. The van der Waals surface area contributed by atoms with Gasteiger partial charge in [-0.1, -0.05) is 64.0 Å². The molecule has 0 aromatic heterocycles. The fraction of sp³-hybridized carbons (Fsp3) is 0.500. The van der Waals surface area contributed by atoms with Crippen LogP contribution < -0.4 is 16.2 Å². The van der Waals surface area contributed by atoms with Gasteiger partial charge in [0.05, 0.1) is 12.5 Å². The van der Waals surface area contributed by atoms with Crippen LogP contribution in [0.4, 0.5) is 11.4 Å². The second kappa shape index (κ2) is 15.9. The van der Waals surface area contributed by atoms with Crippen LogP contribution in [0.5, 0.6) is 5.75 Å². The van der Waals surface area contributed by atoms with Gasteiger partial charge in [-0.3, -0.25) is 4.79 Å². The average Bonchev–Trinajstić information content (AvgIpc) is 2.90. The topological polar surface area (TPSA) is 105 Å². The molecule has 4 N–H and O–H groups in total. The van der Waals surface area contributed by atoms with E-state index in [1.54, 1.807) is 24.3 Å². The van der Waals surface area contributed by atoms with E-state index in [2.05, 4.69) is 6.92 Å². The van der Waals surface area contributed by atoms with Gasteiger partial charge in [0.25, 0.3) is 0 Å². The quantitative estimate of drug-likeness (QED) is 0.0904. The number of unbranched alkanes of at least 4 members (excludes halogenated alkanes) is 5. The molecule has 2 aromatic rings. The van der Waals surface area contributed by atoms with E-state index in [1.165, 1.54) is 51.0 Å². The average molecular weight is 521 g/mol. The zero-order valence-corrected chi connectivity index (χ0v) is 22.8. The van der Waals surface area contributed by atoms with Crippen LogP contribution in [0, 0.1) is 11.8 Å². The Bertz CT molecular complexity index is 1020. The third-order valence-corrected chi connectivity index (χ3v) is 7.33. The highest BCUT2D eigenvalue weighted by atomic mass is 16.5. The van der Waals surface area contributed by atoms with Gasteiger partial charge in [-0.25, -0.2) is 4.79 Å². The molecule has 0 saturated heterocycles. The maximum atomic E-state index is 12.7. The zero-order chi connectivity index (χ0) is 27.2. The molecule has 0 bridgehead atoms. The standard InChI is InChI=1S/C32H44N2O4/c1-2-3-4-5-6-7-8-24-9-14-27(15-10-24)32(36)38-30-16-11-25(12-17-30)13-18-31(35)37-20-19-26-21-28(33)23-29(34)22-26/h11-13,16-18,21-24,27H,2-10,14-15,19-20,33-34H2,1H3. The first-order chi connectivity index (χ1) is 18.4. The van der Waals surface area contributed by atoms with Gasteiger partial charge < -0.3 is 20.9 Å². The SMILES string of the molecule is CCCCCCCCC1CCC(C(=O)Oc2ccc(C=CC(=O)OCCc3cc(N)cc(N)c3)cc2)CC1. The third kappa shape index (κ3) is 10.6. The molecule has 0 aliphatic heterocycles. The fourth-order valence-electron chi connectivity index (χ4n) is 5.12. The van der Waals surface area contributed by atoms with E-state index >= 15 is 0 Å². The zero-order valence-electron chi connectivity index (χ0n) is 22.8. The van der Waals surface area contributed by atoms with E-state index in [0.717, 1.165) is 42.7 Å². The van der Waals surface area contributed by atoms with Gasteiger partial charge in [0.1, 0.15) is 5.75 Å². The van der Waals surface area contributed by atoms with E-state index in [0.29, 0.717) is 23.5 Å². The summed E-state index contributed by atoms with van der Waals surface area (Å²) in [6, 6.07) is 12.5. The van der Waals surface area contributed by atoms with Crippen molar-refractivity contribution in [1.29, 1.82) is 0 Å². The van der Waals surface area contributed by atoms with Gasteiger partial charge in [0, 0.05) is 23.9 Å². The number of nitrogen functional groups attached to an aromatic ring is 2. The van der Waals surface area contributed by atoms with Gasteiger partial charge in [0.15, 0.2) is 0 Å². The number of rotatable bonds is 14. The Morgan fingerprint density at radius 1 is 0.895 bits per heavy atom. The predicted molar refractivity (Wildman–Crippen MR) is 154 cm³/mol. The molecule has 1 fully saturated rings. The Morgan fingerprint density at radius 2 is 1.55 bits per heavy atom. The molecule has 2 aromatic carbocycles. The highest BCUT2D eigenvalue weighted by molar-refractivity contribution is 5.87. The summed E-state index contributed by atoms with van der Waals surface area (Å²) < 4.78 is 10.9. The molecule has 0 amide bonds. The fourth-order valence-corrected chi connectivity index (χ4v) is 5.12. The number of carbonyl (C=O) groups excluding carboxylic acids is 2. The summed E-state index contributed by atoms with van der Waals surface area (Å²) in [5.41, 5.74) is 14.5. The molecule has 1 saturated carbocycles. The van der Waals surface area contributed by atoms with Crippen LogP contribution in [-0.2, 0) is 20.7 Å².